The Balaban J connectivity index is 1.29. The number of hydrogen-bond acceptors (Lipinski definition) is 5. The van der Waals surface area contributed by atoms with Crippen molar-refractivity contribution in [3.8, 4) is 0 Å². The van der Waals surface area contributed by atoms with Crippen molar-refractivity contribution in [3.63, 3.8) is 0 Å². The van der Waals surface area contributed by atoms with E-state index in [1.54, 1.807) is 0 Å². The first-order valence-electron chi connectivity index (χ1n) is 11.4. The van der Waals surface area contributed by atoms with Crippen molar-refractivity contribution in [2.45, 2.75) is 57.0 Å². The molecule has 0 N–H and O–H groups in total. The van der Waals surface area contributed by atoms with Crippen LogP contribution in [0.1, 0.15) is 56.2 Å². The van der Waals surface area contributed by atoms with Crippen LogP contribution < -0.4 is 4.90 Å². The highest BCUT2D eigenvalue weighted by molar-refractivity contribution is 5.84. The Morgan fingerprint density at radius 1 is 1.17 bits per heavy atom. The number of rotatable bonds is 2. The topological polar surface area (TPSA) is 58.6 Å². The van der Waals surface area contributed by atoms with E-state index in [1.165, 1.54) is 19.3 Å². The number of nitrogens with zero attached hydrogens (tertiary/aromatic N) is 4. The minimum Gasteiger partial charge on any atom is -0.376 e. The molecule has 5 fully saturated rings. The van der Waals surface area contributed by atoms with Crippen LogP contribution in [-0.4, -0.2) is 54.6 Å². The van der Waals surface area contributed by atoms with Gasteiger partial charge in [-0.2, -0.15) is 0 Å². The van der Waals surface area contributed by atoms with Crippen molar-refractivity contribution >= 4 is 11.9 Å². The molecular weight excluding hydrogens is 364 g/mol. The molecule has 156 valence electrons. The lowest BCUT2D eigenvalue weighted by Crippen LogP contribution is -2.54. The average Bonchev–Trinajstić information content (AvgIpc) is 3.11. The van der Waals surface area contributed by atoms with Crippen molar-refractivity contribution in [2.24, 2.45) is 23.2 Å². The quantitative estimate of drug-likeness (QED) is 0.769. The van der Waals surface area contributed by atoms with Gasteiger partial charge in [0.25, 0.3) is 0 Å². The fourth-order valence-corrected chi connectivity index (χ4v) is 7.67. The van der Waals surface area contributed by atoms with Crippen LogP contribution in [0.5, 0.6) is 0 Å². The summed E-state index contributed by atoms with van der Waals surface area (Å²) in [5, 5.41) is 0. The number of carbonyl (C=O) groups is 1. The highest BCUT2D eigenvalue weighted by Crippen LogP contribution is 2.61. The van der Waals surface area contributed by atoms with Gasteiger partial charge in [0.1, 0.15) is 0 Å². The lowest BCUT2D eigenvalue weighted by molar-refractivity contribution is -0.156. The van der Waals surface area contributed by atoms with E-state index < -0.39 is 0 Å². The second kappa shape index (κ2) is 6.16. The van der Waals surface area contributed by atoms with Crippen LogP contribution in [-0.2, 0) is 21.6 Å². The molecule has 4 bridgehead atoms. The SMILES string of the molecule is CN(C)c1ncc2c(n1)C1(CCN(C(=O)C34CC5CC(CC(C5)C3)C4)C1)COC2. The van der Waals surface area contributed by atoms with Crippen molar-refractivity contribution in [1.82, 2.24) is 14.9 Å². The van der Waals surface area contributed by atoms with Gasteiger partial charge in [0, 0.05) is 38.9 Å². The zero-order valence-corrected chi connectivity index (χ0v) is 17.7. The van der Waals surface area contributed by atoms with Gasteiger partial charge in [0.15, 0.2) is 0 Å². The number of amides is 1. The molecule has 4 aliphatic carbocycles. The van der Waals surface area contributed by atoms with Gasteiger partial charge in [0.2, 0.25) is 11.9 Å². The summed E-state index contributed by atoms with van der Waals surface area (Å²) in [4.78, 5) is 27.4. The van der Waals surface area contributed by atoms with Gasteiger partial charge in [-0.25, -0.2) is 9.97 Å². The molecule has 2 aliphatic heterocycles. The first kappa shape index (κ1) is 18.1. The van der Waals surface area contributed by atoms with Crippen molar-refractivity contribution in [1.29, 1.82) is 0 Å². The molecule has 1 spiro atoms. The van der Waals surface area contributed by atoms with Gasteiger partial charge in [-0.15, -0.1) is 0 Å². The summed E-state index contributed by atoms with van der Waals surface area (Å²) < 4.78 is 5.98. The van der Waals surface area contributed by atoms with E-state index in [9.17, 15) is 4.79 Å². The Kier molecular flexibility index (Phi) is 3.85. The third kappa shape index (κ3) is 2.67. The molecule has 1 saturated heterocycles. The number of carbonyl (C=O) groups excluding carboxylic acids is 1. The second-order valence-corrected chi connectivity index (χ2v) is 10.9. The molecular formula is C23H32N4O2. The normalized spacial score (nSPS) is 39.8. The zero-order valence-electron chi connectivity index (χ0n) is 17.7. The average molecular weight is 397 g/mol. The van der Waals surface area contributed by atoms with Gasteiger partial charge in [0.05, 0.1) is 29.7 Å². The summed E-state index contributed by atoms with van der Waals surface area (Å²) in [6.07, 6.45) is 10.4. The first-order valence-corrected chi connectivity index (χ1v) is 11.4. The van der Waals surface area contributed by atoms with Crippen LogP contribution in [0.2, 0.25) is 0 Å². The molecule has 6 heteroatoms. The van der Waals surface area contributed by atoms with Crippen LogP contribution >= 0.6 is 0 Å². The molecule has 3 heterocycles. The van der Waals surface area contributed by atoms with Crippen LogP contribution in [0, 0.1) is 23.2 Å². The summed E-state index contributed by atoms with van der Waals surface area (Å²) in [6, 6.07) is 0. The standard InChI is InChI=1S/C23H32N4O2/c1-26(2)21-24-11-18-12-29-14-22(19(18)25-21)3-4-27(13-22)20(28)23-8-15-5-16(9-23)7-17(6-15)10-23/h11,15-17H,3-10,12-14H2,1-2H3. The lowest BCUT2D eigenvalue weighted by atomic mass is 9.49. The molecule has 1 amide bonds. The van der Waals surface area contributed by atoms with Gasteiger partial charge in [-0.3, -0.25) is 4.79 Å². The van der Waals surface area contributed by atoms with E-state index >= 15 is 0 Å². The maximum Gasteiger partial charge on any atom is 0.228 e. The molecule has 7 rings (SSSR count). The van der Waals surface area contributed by atoms with E-state index in [2.05, 4.69) is 9.88 Å². The minimum absolute atomic E-state index is 0.0564. The molecule has 4 saturated carbocycles. The molecule has 6 aliphatic rings. The predicted octanol–water partition coefficient (Wildman–Crippen LogP) is 2.76. The largest absolute Gasteiger partial charge is 0.376 e. The van der Waals surface area contributed by atoms with Gasteiger partial charge < -0.3 is 14.5 Å². The monoisotopic (exact) mass is 396 g/mol. The molecule has 1 unspecified atom stereocenters. The number of fused-ring (bicyclic) bond motifs is 2. The van der Waals surface area contributed by atoms with E-state index in [4.69, 9.17) is 9.72 Å². The molecule has 1 aromatic rings. The molecule has 1 aromatic heterocycles. The Morgan fingerprint density at radius 3 is 2.52 bits per heavy atom. The number of aromatic nitrogens is 2. The third-order valence-electron chi connectivity index (χ3n) is 8.52. The number of hydrogen-bond donors (Lipinski definition) is 0. The highest BCUT2D eigenvalue weighted by atomic mass is 16.5. The summed E-state index contributed by atoms with van der Waals surface area (Å²) in [7, 11) is 3.95. The van der Waals surface area contributed by atoms with E-state index in [-0.39, 0.29) is 10.8 Å². The molecule has 0 aromatic carbocycles. The Hall–Kier alpha value is -1.69. The van der Waals surface area contributed by atoms with Gasteiger partial charge >= 0.3 is 0 Å². The highest BCUT2D eigenvalue weighted by Gasteiger charge is 2.57. The van der Waals surface area contributed by atoms with Crippen molar-refractivity contribution < 1.29 is 9.53 Å². The van der Waals surface area contributed by atoms with Crippen molar-refractivity contribution in [2.75, 3.05) is 38.7 Å². The third-order valence-corrected chi connectivity index (χ3v) is 8.52. The van der Waals surface area contributed by atoms with Gasteiger partial charge in [-0.1, -0.05) is 0 Å². The smallest absolute Gasteiger partial charge is 0.228 e. The number of likely N-dealkylation sites (tertiary alicyclic amines) is 1. The van der Waals surface area contributed by atoms with Crippen LogP contribution in [0.15, 0.2) is 6.20 Å². The number of ether oxygens (including phenoxy) is 1. The fraction of sp³-hybridized carbons (Fsp3) is 0.783. The fourth-order valence-electron chi connectivity index (χ4n) is 7.67. The molecule has 6 nitrogen and oxygen atoms in total. The first-order chi connectivity index (χ1) is 14.0. The van der Waals surface area contributed by atoms with E-state index in [0.717, 1.165) is 73.7 Å². The van der Waals surface area contributed by atoms with E-state index in [0.29, 0.717) is 19.1 Å². The summed E-state index contributed by atoms with van der Waals surface area (Å²) in [6.45, 7) is 2.83. The van der Waals surface area contributed by atoms with Crippen molar-refractivity contribution in [3.05, 3.63) is 17.5 Å². The summed E-state index contributed by atoms with van der Waals surface area (Å²) >= 11 is 0. The molecule has 29 heavy (non-hydrogen) atoms. The van der Waals surface area contributed by atoms with Crippen LogP contribution in [0.25, 0.3) is 0 Å². The Labute approximate surface area is 173 Å². The van der Waals surface area contributed by atoms with Crippen LogP contribution in [0.4, 0.5) is 5.95 Å². The summed E-state index contributed by atoms with van der Waals surface area (Å²) in [5.74, 6) is 3.60. The van der Waals surface area contributed by atoms with Crippen LogP contribution in [0.3, 0.4) is 0 Å². The molecule has 0 radical (unpaired) electrons. The predicted molar refractivity (Wildman–Crippen MR) is 109 cm³/mol. The maximum absolute atomic E-state index is 13.9. The Morgan fingerprint density at radius 2 is 1.86 bits per heavy atom. The second-order valence-electron chi connectivity index (χ2n) is 10.9. The van der Waals surface area contributed by atoms with Gasteiger partial charge in [-0.05, 0) is 62.7 Å². The molecule has 1 atom stereocenters. The maximum atomic E-state index is 13.9. The number of anilines is 1. The zero-order chi connectivity index (χ0) is 19.8. The Bertz CT molecular complexity index is 818. The summed E-state index contributed by atoms with van der Waals surface area (Å²) in [5.41, 5.74) is 1.98. The lowest BCUT2D eigenvalue weighted by Gasteiger charge is -2.56. The minimum atomic E-state index is -0.167. The van der Waals surface area contributed by atoms with E-state index in [1.807, 2.05) is 25.2 Å².